The standard InChI is InChI=1S/C19H25F3N2O4/c1-5-6-12-18(19(20,21)22,27-13-14-10-8-7-9-11-14)15(25)23-24-16(26)28-17(2,3)4/h5,7-11H,1,6,12-13H2,2-4H3,(H,23,25)(H,24,26). The van der Waals surface area contributed by atoms with Gasteiger partial charge in [-0.3, -0.25) is 10.2 Å². The molecule has 9 heteroatoms. The molecular weight excluding hydrogens is 377 g/mol. The molecular formula is C19H25F3N2O4. The fourth-order valence-corrected chi connectivity index (χ4v) is 2.20. The van der Waals surface area contributed by atoms with Gasteiger partial charge in [-0.2, -0.15) is 13.2 Å². The van der Waals surface area contributed by atoms with Crippen LogP contribution in [0.25, 0.3) is 0 Å². The minimum Gasteiger partial charge on any atom is -0.443 e. The van der Waals surface area contributed by atoms with Crippen LogP contribution in [0.1, 0.15) is 39.2 Å². The third kappa shape index (κ3) is 6.88. The highest BCUT2D eigenvalue weighted by molar-refractivity contribution is 5.87. The highest BCUT2D eigenvalue weighted by Crippen LogP contribution is 2.38. The van der Waals surface area contributed by atoms with Crippen LogP contribution in [-0.4, -0.2) is 29.4 Å². The van der Waals surface area contributed by atoms with Crippen LogP contribution in [0.3, 0.4) is 0 Å². The van der Waals surface area contributed by atoms with Crippen molar-refractivity contribution < 1.29 is 32.2 Å². The zero-order valence-electron chi connectivity index (χ0n) is 16.1. The molecule has 0 fully saturated rings. The first-order valence-corrected chi connectivity index (χ1v) is 8.56. The minimum absolute atomic E-state index is 0.131. The lowest BCUT2D eigenvalue weighted by Crippen LogP contribution is -2.62. The molecule has 6 nitrogen and oxygen atoms in total. The molecule has 1 aromatic rings. The molecule has 2 amide bonds. The lowest BCUT2D eigenvalue weighted by molar-refractivity contribution is -0.273. The summed E-state index contributed by atoms with van der Waals surface area (Å²) in [6, 6.07) is 8.14. The van der Waals surface area contributed by atoms with E-state index >= 15 is 0 Å². The molecule has 0 aliphatic rings. The lowest BCUT2D eigenvalue weighted by Gasteiger charge is -2.34. The lowest BCUT2D eigenvalue weighted by atomic mass is 9.95. The predicted molar refractivity (Wildman–Crippen MR) is 97.0 cm³/mol. The summed E-state index contributed by atoms with van der Waals surface area (Å²) in [4.78, 5) is 24.1. The van der Waals surface area contributed by atoms with Gasteiger partial charge in [0.15, 0.2) is 0 Å². The van der Waals surface area contributed by atoms with E-state index in [9.17, 15) is 22.8 Å². The summed E-state index contributed by atoms with van der Waals surface area (Å²) in [5, 5.41) is 0. The molecule has 1 atom stereocenters. The molecule has 1 aromatic carbocycles. The molecule has 0 saturated carbocycles. The normalized spacial score (nSPS) is 13.9. The number of halogens is 3. The number of ether oxygens (including phenoxy) is 2. The van der Waals surface area contributed by atoms with Gasteiger partial charge in [0.05, 0.1) is 6.61 Å². The number of hydrogen-bond donors (Lipinski definition) is 2. The van der Waals surface area contributed by atoms with Crippen molar-refractivity contribution in [3.63, 3.8) is 0 Å². The van der Waals surface area contributed by atoms with Gasteiger partial charge in [-0.1, -0.05) is 36.4 Å². The van der Waals surface area contributed by atoms with E-state index in [1.165, 1.54) is 6.08 Å². The summed E-state index contributed by atoms with van der Waals surface area (Å²) in [6.45, 7) is 7.66. The number of nitrogens with one attached hydrogen (secondary N) is 2. The summed E-state index contributed by atoms with van der Waals surface area (Å²) in [7, 11) is 0. The molecule has 156 valence electrons. The largest absolute Gasteiger partial charge is 0.443 e. The maximum Gasteiger partial charge on any atom is 0.426 e. The smallest absolute Gasteiger partial charge is 0.426 e. The Labute approximate surface area is 162 Å². The van der Waals surface area contributed by atoms with E-state index < -0.39 is 42.4 Å². The van der Waals surface area contributed by atoms with Crippen molar-refractivity contribution in [2.24, 2.45) is 0 Å². The molecule has 0 spiro atoms. The molecule has 28 heavy (non-hydrogen) atoms. The average Bonchev–Trinajstić information content (AvgIpc) is 2.58. The van der Waals surface area contributed by atoms with Gasteiger partial charge in [-0.05, 0) is 39.2 Å². The number of amides is 2. The first-order chi connectivity index (χ1) is 12.9. The van der Waals surface area contributed by atoms with Gasteiger partial charge in [0.2, 0.25) is 5.60 Å². The fourth-order valence-electron chi connectivity index (χ4n) is 2.20. The van der Waals surface area contributed by atoms with E-state index in [0.29, 0.717) is 5.56 Å². The van der Waals surface area contributed by atoms with E-state index in [-0.39, 0.29) is 6.42 Å². The monoisotopic (exact) mass is 402 g/mol. The van der Waals surface area contributed by atoms with Gasteiger partial charge in [0, 0.05) is 0 Å². The molecule has 2 N–H and O–H groups in total. The zero-order valence-corrected chi connectivity index (χ0v) is 16.1. The van der Waals surface area contributed by atoms with Crippen molar-refractivity contribution >= 4 is 12.0 Å². The van der Waals surface area contributed by atoms with Crippen molar-refractivity contribution in [3.8, 4) is 0 Å². The number of alkyl halides is 3. The second kappa shape index (κ2) is 9.59. The fraction of sp³-hybridized carbons (Fsp3) is 0.474. The van der Waals surface area contributed by atoms with E-state index in [1.807, 2.05) is 5.43 Å². The van der Waals surface area contributed by atoms with E-state index in [1.54, 1.807) is 56.5 Å². The van der Waals surface area contributed by atoms with E-state index in [2.05, 4.69) is 6.58 Å². The Morgan fingerprint density at radius 1 is 1.11 bits per heavy atom. The van der Waals surface area contributed by atoms with Crippen LogP contribution in [0.15, 0.2) is 43.0 Å². The van der Waals surface area contributed by atoms with Crippen LogP contribution in [0, 0.1) is 0 Å². The molecule has 0 aromatic heterocycles. The second-order valence-electron chi connectivity index (χ2n) is 7.01. The van der Waals surface area contributed by atoms with Crippen molar-refractivity contribution in [2.75, 3.05) is 0 Å². The Balaban J connectivity index is 3.01. The zero-order chi connectivity index (χ0) is 21.4. The van der Waals surface area contributed by atoms with Crippen molar-refractivity contribution in [2.45, 2.75) is 57.6 Å². The third-order valence-corrected chi connectivity index (χ3v) is 3.53. The first kappa shape index (κ1) is 23.5. The Kier molecular flexibility index (Phi) is 8.04. The van der Waals surface area contributed by atoms with Gasteiger partial charge in [-0.15, -0.1) is 6.58 Å². The van der Waals surface area contributed by atoms with Crippen LogP contribution in [0.5, 0.6) is 0 Å². The first-order valence-electron chi connectivity index (χ1n) is 8.56. The van der Waals surface area contributed by atoms with Crippen LogP contribution in [-0.2, 0) is 20.9 Å². The van der Waals surface area contributed by atoms with Gasteiger partial charge in [0.25, 0.3) is 5.91 Å². The Morgan fingerprint density at radius 2 is 1.71 bits per heavy atom. The molecule has 0 heterocycles. The van der Waals surface area contributed by atoms with Crippen molar-refractivity contribution in [1.29, 1.82) is 0 Å². The van der Waals surface area contributed by atoms with Crippen LogP contribution in [0.2, 0.25) is 0 Å². The predicted octanol–water partition coefficient (Wildman–Crippen LogP) is 4.03. The summed E-state index contributed by atoms with van der Waals surface area (Å²) in [5.74, 6) is -1.55. The van der Waals surface area contributed by atoms with Gasteiger partial charge in [0.1, 0.15) is 5.60 Å². The SMILES string of the molecule is C=CCCC(OCc1ccccc1)(C(=O)NNC(=O)OC(C)(C)C)C(F)(F)F. The topological polar surface area (TPSA) is 76.7 Å². The van der Waals surface area contributed by atoms with Crippen molar-refractivity contribution in [1.82, 2.24) is 10.9 Å². The quantitative estimate of drug-likeness (QED) is 0.533. The Bertz CT molecular complexity index is 672. The number of hydrazine groups is 1. The average molecular weight is 402 g/mol. The van der Waals surface area contributed by atoms with Crippen LogP contribution in [0.4, 0.5) is 18.0 Å². The summed E-state index contributed by atoms with van der Waals surface area (Å²) in [5.41, 5.74) is -0.0208. The summed E-state index contributed by atoms with van der Waals surface area (Å²) >= 11 is 0. The number of hydrogen-bond acceptors (Lipinski definition) is 4. The number of carbonyl (C=O) groups is 2. The van der Waals surface area contributed by atoms with Crippen molar-refractivity contribution in [3.05, 3.63) is 48.6 Å². The Morgan fingerprint density at radius 3 is 2.21 bits per heavy atom. The number of rotatable bonds is 7. The Hall–Kier alpha value is -2.55. The second-order valence-corrected chi connectivity index (χ2v) is 7.01. The van der Waals surface area contributed by atoms with E-state index in [0.717, 1.165) is 0 Å². The van der Waals surface area contributed by atoms with Gasteiger partial charge < -0.3 is 9.47 Å². The van der Waals surface area contributed by atoms with Crippen LogP contribution >= 0.6 is 0 Å². The molecule has 0 aliphatic carbocycles. The molecule has 0 radical (unpaired) electrons. The minimum atomic E-state index is -5.04. The molecule has 0 saturated heterocycles. The van der Waals surface area contributed by atoms with Gasteiger partial charge >= 0.3 is 12.3 Å². The number of carbonyl (C=O) groups excluding carboxylic acids is 2. The van der Waals surface area contributed by atoms with Crippen LogP contribution < -0.4 is 10.9 Å². The molecule has 0 bridgehead atoms. The molecule has 1 rings (SSSR count). The number of benzene rings is 1. The molecule has 0 aliphatic heterocycles. The number of allylic oxidation sites excluding steroid dienone is 1. The molecule has 1 unspecified atom stereocenters. The maximum absolute atomic E-state index is 13.9. The van der Waals surface area contributed by atoms with E-state index in [4.69, 9.17) is 9.47 Å². The summed E-state index contributed by atoms with van der Waals surface area (Å²) < 4.78 is 51.6. The maximum atomic E-state index is 13.9. The highest BCUT2D eigenvalue weighted by Gasteiger charge is 2.61. The summed E-state index contributed by atoms with van der Waals surface area (Å²) in [6.07, 6.45) is -5.71. The highest BCUT2D eigenvalue weighted by atomic mass is 19.4. The van der Waals surface area contributed by atoms with Gasteiger partial charge in [-0.25, -0.2) is 10.2 Å². The third-order valence-electron chi connectivity index (χ3n) is 3.53.